The van der Waals surface area contributed by atoms with Crippen LogP contribution in [0.5, 0.6) is 0 Å². The lowest BCUT2D eigenvalue weighted by molar-refractivity contribution is 0.0937. The Balaban J connectivity index is 1.94. The number of carbonyl (C=O) groups excluding carboxylic acids is 1. The number of hydrogen-bond donors (Lipinski definition) is 1. The Bertz CT molecular complexity index is 388. The van der Waals surface area contributed by atoms with Gasteiger partial charge in [0, 0.05) is 16.5 Å². The van der Waals surface area contributed by atoms with Crippen molar-refractivity contribution in [1.29, 1.82) is 0 Å². The van der Waals surface area contributed by atoms with Crippen molar-refractivity contribution in [2.45, 2.75) is 37.1 Å². The minimum absolute atomic E-state index is 0.0664. The summed E-state index contributed by atoms with van der Waals surface area (Å²) in [6.45, 7) is 2.25. The lowest BCUT2D eigenvalue weighted by atomic mass is 10.1. The van der Waals surface area contributed by atoms with Crippen molar-refractivity contribution in [2.75, 3.05) is 6.26 Å². The minimum atomic E-state index is 0.0664. The molecule has 1 fully saturated rings. The van der Waals surface area contributed by atoms with Crippen LogP contribution in [0, 0.1) is 5.92 Å². The summed E-state index contributed by atoms with van der Waals surface area (Å²) in [5, 5.41) is 3.12. The lowest BCUT2D eigenvalue weighted by Gasteiger charge is -2.12. The maximum Gasteiger partial charge on any atom is 0.251 e. The van der Waals surface area contributed by atoms with Crippen LogP contribution in [-0.2, 0) is 0 Å². The van der Waals surface area contributed by atoms with E-state index in [0.717, 1.165) is 24.3 Å². The summed E-state index contributed by atoms with van der Waals surface area (Å²) in [6, 6.07) is 8.17. The number of amides is 1. The van der Waals surface area contributed by atoms with E-state index in [9.17, 15) is 4.79 Å². The maximum absolute atomic E-state index is 12.0. The zero-order valence-corrected chi connectivity index (χ0v) is 11.2. The van der Waals surface area contributed by atoms with Crippen LogP contribution in [0.25, 0.3) is 0 Å². The van der Waals surface area contributed by atoms with Crippen molar-refractivity contribution in [2.24, 2.45) is 5.92 Å². The van der Waals surface area contributed by atoms with Crippen LogP contribution in [0.1, 0.15) is 36.5 Å². The molecule has 1 amide bonds. The van der Waals surface area contributed by atoms with Crippen LogP contribution in [0.3, 0.4) is 0 Å². The van der Waals surface area contributed by atoms with E-state index in [1.807, 2.05) is 30.5 Å². The van der Waals surface area contributed by atoms with E-state index < -0.39 is 0 Å². The van der Waals surface area contributed by atoms with Crippen LogP contribution in [0.15, 0.2) is 29.2 Å². The summed E-state index contributed by atoms with van der Waals surface area (Å²) < 4.78 is 0. The fourth-order valence-electron chi connectivity index (χ4n) is 2.35. The molecular weight excluding hydrogens is 230 g/mol. The van der Waals surface area contributed by atoms with Gasteiger partial charge in [0.1, 0.15) is 0 Å². The molecule has 0 saturated heterocycles. The smallest absolute Gasteiger partial charge is 0.251 e. The zero-order valence-electron chi connectivity index (χ0n) is 10.4. The molecule has 1 saturated carbocycles. The first kappa shape index (κ1) is 12.5. The Kier molecular flexibility index (Phi) is 4.11. The van der Waals surface area contributed by atoms with Crippen LogP contribution >= 0.6 is 11.8 Å². The SMILES string of the molecule is CSc1ccc(C(=O)NC2CCC(C)C2)cc1. The Hall–Kier alpha value is -0.960. The van der Waals surface area contributed by atoms with Crippen LogP contribution < -0.4 is 5.32 Å². The predicted octanol–water partition coefficient (Wildman–Crippen LogP) is 3.33. The molecule has 1 N–H and O–H groups in total. The molecule has 0 radical (unpaired) electrons. The highest BCUT2D eigenvalue weighted by molar-refractivity contribution is 7.98. The third-order valence-corrected chi connectivity index (χ3v) is 4.13. The average molecular weight is 249 g/mol. The number of benzene rings is 1. The van der Waals surface area contributed by atoms with Crippen molar-refractivity contribution < 1.29 is 4.79 Å². The molecule has 1 aromatic rings. The quantitative estimate of drug-likeness (QED) is 0.833. The first-order valence-electron chi connectivity index (χ1n) is 6.14. The molecule has 1 aliphatic rings. The van der Waals surface area contributed by atoms with Gasteiger partial charge in [0.25, 0.3) is 5.91 Å². The van der Waals surface area contributed by atoms with Crippen LogP contribution in [0.4, 0.5) is 0 Å². The summed E-state index contributed by atoms with van der Waals surface area (Å²) in [5.41, 5.74) is 0.766. The molecule has 0 aliphatic heterocycles. The fraction of sp³-hybridized carbons (Fsp3) is 0.500. The second-order valence-electron chi connectivity index (χ2n) is 4.82. The topological polar surface area (TPSA) is 29.1 Å². The van der Waals surface area contributed by atoms with Gasteiger partial charge in [-0.25, -0.2) is 0 Å². The monoisotopic (exact) mass is 249 g/mol. The summed E-state index contributed by atoms with van der Waals surface area (Å²) >= 11 is 1.69. The second kappa shape index (κ2) is 5.58. The van der Waals surface area contributed by atoms with Gasteiger partial charge in [-0.3, -0.25) is 4.79 Å². The molecule has 2 rings (SSSR count). The van der Waals surface area contributed by atoms with Crippen molar-refractivity contribution >= 4 is 17.7 Å². The molecule has 2 nitrogen and oxygen atoms in total. The molecule has 3 heteroatoms. The van der Waals surface area contributed by atoms with E-state index in [1.165, 1.54) is 11.3 Å². The van der Waals surface area contributed by atoms with Crippen LogP contribution in [-0.4, -0.2) is 18.2 Å². The molecule has 92 valence electrons. The maximum atomic E-state index is 12.0. The summed E-state index contributed by atoms with van der Waals surface area (Å²) in [4.78, 5) is 13.2. The highest BCUT2D eigenvalue weighted by Crippen LogP contribution is 2.25. The predicted molar refractivity (Wildman–Crippen MR) is 72.5 cm³/mol. The highest BCUT2D eigenvalue weighted by atomic mass is 32.2. The van der Waals surface area contributed by atoms with Crippen molar-refractivity contribution in [3.63, 3.8) is 0 Å². The fourth-order valence-corrected chi connectivity index (χ4v) is 2.76. The average Bonchev–Trinajstić information content (AvgIpc) is 2.75. The van der Waals surface area contributed by atoms with E-state index >= 15 is 0 Å². The van der Waals surface area contributed by atoms with Gasteiger partial charge < -0.3 is 5.32 Å². The summed E-state index contributed by atoms with van der Waals surface area (Å²) in [7, 11) is 0. The van der Waals surface area contributed by atoms with E-state index in [2.05, 4.69) is 12.2 Å². The van der Waals surface area contributed by atoms with Crippen molar-refractivity contribution in [3.05, 3.63) is 29.8 Å². The Morgan fingerprint density at radius 1 is 1.29 bits per heavy atom. The number of nitrogens with one attached hydrogen (secondary N) is 1. The summed E-state index contributed by atoms with van der Waals surface area (Å²) in [5.74, 6) is 0.816. The van der Waals surface area contributed by atoms with Crippen LogP contribution in [0.2, 0.25) is 0 Å². The Morgan fingerprint density at radius 2 is 2.00 bits per heavy atom. The molecule has 0 spiro atoms. The minimum Gasteiger partial charge on any atom is -0.349 e. The first-order valence-corrected chi connectivity index (χ1v) is 7.36. The number of rotatable bonds is 3. The summed E-state index contributed by atoms with van der Waals surface area (Å²) in [6.07, 6.45) is 5.51. The molecule has 2 unspecified atom stereocenters. The zero-order chi connectivity index (χ0) is 12.3. The van der Waals surface area contributed by atoms with Gasteiger partial charge in [0.05, 0.1) is 0 Å². The third-order valence-electron chi connectivity index (χ3n) is 3.38. The molecule has 17 heavy (non-hydrogen) atoms. The van der Waals surface area contributed by atoms with Crippen molar-refractivity contribution in [3.8, 4) is 0 Å². The highest BCUT2D eigenvalue weighted by Gasteiger charge is 2.22. The first-order chi connectivity index (χ1) is 8.19. The normalized spacial score (nSPS) is 23.6. The van der Waals surface area contributed by atoms with Gasteiger partial charge in [-0.15, -0.1) is 11.8 Å². The standard InChI is InChI=1S/C14H19NOS/c1-10-3-6-12(9-10)15-14(16)11-4-7-13(17-2)8-5-11/h4-5,7-8,10,12H,3,6,9H2,1-2H3,(H,15,16). The Morgan fingerprint density at radius 3 is 2.53 bits per heavy atom. The van der Waals surface area contributed by atoms with Gasteiger partial charge in [-0.05, 0) is 55.7 Å². The molecule has 2 atom stereocenters. The molecule has 0 bridgehead atoms. The molecule has 1 aromatic carbocycles. The molecule has 1 aliphatic carbocycles. The number of hydrogen-bond acceptors (Lipinski definition) is 2. The van der Waals surface area contributed by atoms with Gasteiger partial charge in [0.2, 0.25) is 0 Å². The molecule has 0 heterocycles. The van der Waals surface area contributed by atoms with E-state index in [0.29, 0.717) is 6.04 Å². The van der Waals surface area contributed by atoms with Gasteiger partial charge in [-0.2, -0.15) is 0 Å². The third kappa shape index (κ3) is 3.25. The lowest BCUT2D eigenvalue weighted by Crippen LogP contribution is -2.32. The number of carbonyl (C=O) groups is 1. The van der Waals surface area contributed by atoms with Gasteiger partial charge >= 0.3 is 0 Å². The van der Waals surface area contributed by atoms with Gasteiger partial charge in [0.15, 0.2) is 0 Å². The van der Waals surface area contributed by atoms with Gasteiger partial charge in [-0.1, -0.05) is 6.92 Å². The number of thioether (sulfide) groups is 1. The molecule has 0 aromatic heterocycles. The van der Waals surface area contributed by atoms with E-state index in [-0.39, 0.29) is 5.91 Å². The second-order valence-corrected chi connectivity index (χ2v) is 5.70. The largest absolute Gasteiger partial charge is 0.349 e. The van der Waals surface area contributed by atoms with E-state index in [4.69, 9.17) is 0 Å². The Labute approximate surface area is 107 Å². The van der Waals surface area contributed by atoms with E-state index in [1.54, 1.807) is 11.8 Å². The van der Waals surface area contributed by atoms with Crippen molar-refractivity contribution in [1.82, 2.24) is 5.32 Å². The molecular formula is C14H19NOS.